The predicted molar refractivity (Wildman–Crippen MR) is 112 cm³/mol. The third-order valence-electron chi connectivity index (χ3n) is 3.88. The number of anilines is 1. The Kier molecular flexibility index (Phi) is 7.13. The van der Waals surface area contributed by atoms with Crippen LogP contribution in [0.3, 0.4) is 0 Å². The molecule has 0 radical (unpaired) electrons. The van der Waals surface area contributed by atoms with E-state index in [0.29, 0.717) is 13.1 Å². The van der Waals surface area contributed by atoms with E-state index in [2.05, 4.69) is 4.72 Å². The Balaban J connectivity index is 2.53. The zero-order valence-corrected chi connectivity index (χ0v) is 19.0. The molecule has 1 aromatic heterocycles. The van der Waals surface area contributed by atoms with Crippen LogP contribution in [0.5, 0.6) is 5.75 Å². The van der Waals surface area contributed by atoms with E-state index in [1.807, 2.05) is 20.8 Å². The second-order valence-corrected chi connectivity index (χ2v) is 11.5. The Morgan fingerprint density at radius 2 is 1.71 bits per heavy atom. The first-order chi connectivity index (χ1) is 13.0. The van der Waals surface area contributed by atoms with Crippen molar-refractivity contribution in [3.63, 3.8) is 0 Å². The molecule has 0 aliphatic heterocycles. The number of sulfonamides is 2. The molecule has 28 heavy (non-hydrogen) atoms. The van der Waals surface area contributed by atoms with Crippen molar-refractivity contribution in [2.24, 2.45) is 0 Å². The van der Waals surface area contributed by atoms with Gasteiger partial charge in [0.05, 0.1) is 16.7 Å². The lowest BCUT2D eigenvalue weighted by Gasteiger charge is -2.20. The topological polar surface area (TPSA) is 92.8 Å². The molecule has 0 bridgehead atoms. The summed E-state index contributed by atoms with van der Waals surface area (Å²) in [5, 5.41) is 0. The molecule has 1 N–H and O–H groups in total. The summed E-state index contributed by atoms with van der Waals surface area (Å²) in [6, 6.07) is 7.45. The highest BCUT2D eigenvalue weighted by molar-refractivity contribution is 7.94. The molecule has 0 spiro atoms. The van der Waals surface area contributed by atoms with Gasteiger partial charge in [0, 0.05) is 18.0 Å². The minimum absolute atomic E-state index is 0.00682. The molecule has 0 saturated carbocycles. The summed E-state index contributed by atoms with van der Waals surface area (Å²) in [5.74, 6) is 0.269. The molecule has 1 heterocycles. The van der Waals surface area contributed by atoms with E-state index in [-0.39, 0.29) is 26.6 Å². The number of thiophene rings is 1. The second kappa shape index (κ2) is 8.81. The van der Waals surface area contributed by atoms with Crippen molar-refractivity contribution in [1.29, 1.82) is 0 Å². The number of nitrogens with one attached hydrogen (secondary N) is 1. The van der Waals surface area contributed by atoms with Crippen molar-refractivity contribution in [2.45, 2.75) is 49.8 Å². The maximum absolute atomic E-state index is 12.8. The van der Waals surface area contributed by atoms with Crippen molar-refractivity contribution in [3.8, 4) is 5.75 Å². The van der Waals surface area contributed by atoms with Crippen LogP contribution < -0.4 is 9.46 Å². The van der Waals surface area contributed by atoms with Crippen molar-refractivity contribution in [3.05, 3.63) is 35.2 Å². The van der Waals surface area contributed by atoms with Gasteiger partial charge in [0.2, 0.25) is 10.0 Å². The highest BCUT2D eigenvalue weighted by Crippen LogP contribution is 2.33. The van der Waals surface area contributed by atoms with E-state index in [1.165, 1.54) is 28.6 Å². The predicted octanol–water partition coefficient (Wildman–Crippen LogP) is 3.68. The summed E-state index contributed by atoms with van der Waals surface area (Å²) >= 11 is 1.14. The van der Waals surface area contributed by atoms with Gasteiger partial charge in [-0.15, -0.1) is 11.3 Å². The van der Waals surface area contributed by atoms with Gasteiger partial charge in [0.25, 0.3) is 10.0 Å². The maximum atomic E-state index is 12.8. The lowest BCUT2D eigenvalue weighted by Crippen LogP contribution is -2.30. The summed E-state index contributed by atoms with van der Waals surface area (Å²) in [5.41, 5.74) is 0.0907. The van der Waals surface area contributed by atoms with Crippen LogP contribution in [-0.4, -0.2) is 40.3 Å². The van der Waals surface area contributed by atoms with Crippen molar-refractivity contribution >= 4 is 37.1 Å². The number of nitrogens with zero attached hydrogens (tertiary/aromatic N) is 1. The van der Waals surface area contributed by atoms with Gasteiger partial charge in [-0.25, -0.2) is 16.8 Å². The van der Waals surface area contributed by atoms with Crippen LogP contribution in [-0.2, 0) is 20.0 Å². The third-order valence-corrected chi connectivity index (χ3v) is 8.79. The largest absolute Gasteiger partial charge is 0.489 e. The van der Waals surface area contributed by atoms with Gasteiger partial charge in [0.15, 0.2) is 0 Å². The van der Waals surface area contributed by atoms with Crippen LogP contribution in [0, 0.1) is 6.92 Å². The normalized spacial score (nSPS) is 12.5. The molecule has 156 valence electrons. The van der Waals surface area contributed by atoms with E-state index < -0.39 is 20.0 Å². The molecule has 0 fully saturated rings. The summed E-state index contributed by atoms with van der Waals surface area (Å²) in [4.78, 5) is 0.865. The average molecular weight is 447 g/mol. The molecule has 0 unspecified atom stereocenters. The summed E-state index contributed by atoms with van der Waals surface area (Å²) in [6.45, 7) is 9.56. The van der Waals surface area contributed by atoms with Gasteiger partial charge >= 0.3 is 0 Å². The number of benzene rings is 1. The zero-order valence-electron chi connectivity index (χ0n) is 16.6. The van der Waals surface area contributed by atoms with E-state index in [4.69, 9.17) is 4.74 Å². The first-order valence-corrected chi connectivity index (χ1v) is 12.6. The van der Waals surface area contributed by atoms with Gasteiger partial charge in [-0.05, 0) is 51.1 Å². The SMILES string of the molecule is CCN(CC)S(=O)(=O)c1ccc(OC(C)C)c(NS(=O)(=O)c2ccc(C)s2)c1. The van der Waals surface area contributed by atoms with Gasteiger partial charge in [-0.3, -0.25) is 4.72 Å². The first-order valence-electron chi connectivity index (χ1n) is 8.91. The average Bonchev–Trinajstić information content (AvgIpc) is 3.04. The maximum Gasteiger partial charge on any atom is 0.271 e. The molecule has 0 atom stereocenters. The number of aryl methyl sites for hydroxylation is 1. The Morgan fingerprint density at radius 1 is 1.07 bits per heavy atom. The Morgan fingerprint density at radius 3 is 2.21 bits per heavy atom. The molecule has 2 aromatic rings. The molecular weight excluding hydrogens is 420 g/mol. The fourth-order valence-electron chi connectivity index (χ4n) is 2.57. The Hall–Kier alpha value is -1.62. The highest BCUT2D eigenvalue weighted by atomic mass is 32.2. The molecule has 0 aliphatic rings. The van der Waals surface area contributed by atoms with Crippen molar-refractivity contribution < 1.29 is 21.6 Å². The Bertz CT molecular complexity index is 1020. The van der Waals surface area contributed by atoms with Crippen LogP contribution >= 0.6 is 11.3 Å². The number of rotatable bonds is 9. The standard InChI is InChI=1S/C18H26N2O5S3/c1-6-20(7-2)28(23,24)15-9-10-17(25-13(3)4)16(12-15)19-27(21,22)18-11-8-14(5)26-18/h8-13,19H,6-7H2,1-5H3. The van der Waals surface area contributed by atoms with Crippen LogP contribution in [0.1, 0.15) is 32.6 Å². The van der Waals surface area contributed by atoms with Crippen LogP contribution in [0.4, 0.5) is 5.69 Å². The van der Waals surface area contributed by atoms with Gasteiger partial charge in [-0.1, -0.05) is 13.8 Å². The minimum atomic E-state index is -3.86. The summed E-state index contributed by atoms with van der Waals surface area (Å²) < 4.78 is 60.8. The smallest absolute Gasteiger partial charge is 0.271 e. The summed E-state index contributed by atoms with van der Waals surface area (Å²) in [7, 11) is -7.60. The van der Waals surface area contributed by atoms with E-state index in [1.54, 1.807) is 19.9 Å². The van der Waals surface area contributed by atoms with Crippen LogP contribution in [0.15, 0.2) is 39.4 Å². The molecular formula is C18H26N2O5S3. The van der Waals surface area contributed by atoms with E-state index in [9.17, 15) is 16.8 Å². The molecule has 10 heteroatoms. The van der Waals surface area contributed by atoms with E-state index >= 15 is 0 Å². The number of hydrogen-bond donors (Lipinski definition) is 1. The van der Waals surface area contributed by atoms with E-state index in [0.717, 1.165) is 16.2 Å². The quantitative estimate of drug-likeness (QED) is 0.634. The molecule has 0 saturated heterocycles. The third kappa shape index (κ3) is 5.05. The minimum Gasteiger partial charge on any atom is -0.489 e. The van der Waals surface area contributed by atoms with Crippen LogP contribution in [0.25, 0.3) is 0 Å². The summed E-state index contributed by atoms with van der Waals surface area (Å²) in [6.07, 6.45) is -0.211. The fraction of sp³-hybridized carbons (Fsp3) is 0.444. The Labute approximate surface area is 171 Å². The second-order valence-electron chi connectivity index (χ2n) is 6.38. The monoisotopic (exact) mass is 446 g/mol. The molecule has 7 nitrogen and oxygen atoms in total. The number of hydrogen-bond acceptors (Lipinski definition) is 6. The number of ether oxygens (including phenoxy) is 1. The molecule has 2 rings (SSSR count). The highest BCUT2D eigenvalue weighted by Gasteiger charge is 2.25. The van der Waals surface area contributed by atoms with Gasteiger partial charge < -0.3 is 4.74 Å². The fourth-order valence-corrected chi connectivity index (χ4v) is 6.40. The lowest BCUT2D eigenvalue weighted by molar-refractivity contribution is 0.243. The molecule has 0 amide bonds. The molecule has 1 aromatic carbocycles. The molecule has 0 aliphatic carbocycles. The van der Waals surface area contributed by atoms with Gasteiger partial charge in [-0.2, -0.15) is 4.31 Å². The zero-order chi connectivity index (χ0) is 21.1. The van der Waals surface area contributed by atoms with Gasteiger partial charge in [0.1, 0.15) is 9.96 Å². The lowest BCUT2D eigenvalue weighted by atomic mass is 10.3. The first kappa shape index (κ1) is 22.7. The van der Waals surface area contributed by atoms with Crippen molar-refractivity contribution in [1.82, 2.24) is 4.31 Å². The van der Waals surface area contributed by atoms with Crippen molar-refractivity contribution in [2.75, 3.05) is 17.8 Å². The van der Waals surface area contributed by atoms with Crippen LogP contribution in [0.2, 0.25) is 0 Å².